The zero-order valence-electron chi connectivity index (χ0n) is 19.7. The van der Waals surface area contributed by atoms with Crippen molar-refractivity contribution >= 4 is 0 Å². The van der Waals surface area contributed by atoms with Crippen LogP contribution in [0.4, 0.5) is 0 Å². The summed E-state index contributed by atoms with van der Waals surface area (Å²) < 4.78 is 0. The molecule has 0 unspecified atom stereocenters. The molecule has 167 valence electrons. The maximum Gasteiger partial charge on any atom is -0.0156 e. The summed E-state index contributed by atoms with van der Waals surface area (Å²) in [5, 5.41) is 0. The fraction of sp³-hybridized carbons (Fsp3) is 0.800. The minimum atomic E-state index is 0.815. The zero-order chi connectivity index (χ0) is 20.4. The Hall–Kier alpha value is -0.780. The third-order valence-corrected chi connectivity index (χ3v) is 8.70. The highest BCUT2D eigenvalue weighted by atomic mass is 14.3. The van der Waals surface area contributed by atoms with Crippen LogP contribution in [0, 0.1) is 6.07 Å². The smallest absolute Gasteiger partial charge is 0.0156 e. The highest BCUT2D eigenvalue weighted by Gasteiger charge is 2.27. The number of rotatable bonds is 3. The van der Waals surface area contributed by atoms with Crippen molar-refractivity contribution in [1.29, 1.82) is 0 Å². The van der Waals surface area contributed by atoms with E-state index in [1.54, 1.807) is 11.1 Å². The molecule has 4 rings (SSSR count). The van der Waals surface area contributed by atoms with Crippen LogP contribution in [0.5, 0.6) is 0 Å². The van der Waals surface area contributed by atoms with Gasteiger partial charge in [0, 0.05) is 0 Å². The van der Waals surface area contributed by atoms with E-state index in [9.17, 15) is 0 Å². The van der Waals surface area contributed by atoms with Crippen LogP contribution in [-0.4, -0.2) is 0 Å². The van der Waals surface area contributed by atoms with Crippen molar-refractivity contribution in [2.45, 2.75) is 153 Å². The number of hydrogen-bond acceptors (Lipinski definition) is 0. The Morgan fingerprint density at radius 2 is 0.700 bits per heavy atom. The summed E-state index contributed by atoms with van der Waals surface area (Å²) >= 11 is 0. The average Bonchev–Trinajstić information content (AvgIpc) is 2.67. The van der Waals surface area contributed by atoms with E-state index in [1.165, 1.54) is 135 Å². The first-order chi connectivity index (χ1) is 14.9. The van der Waals surface area contributed by atoms with Gasteiger partial charge in [-0.3, -0.25) is 0 Å². The molecular weight excluding hydrogens is 360 g/mol. The van der Waals surface area contributed by atoms with Crippen molar-refractivity contribution in [3.8, 4) is 0 Å². The minimum Gasteiger partial charge on any atom is -0.0533 e. The monoisotopic (exact) mass is 407 g/mol. The van der Waals surface area contributed by atoms with E-state index in [2.05, 4.69) is 18.2 Å². The predicted molar refractivity (Wildman–Crippen MR) is 130 cm³/mol. The van der Waals surface area contributed by atoms with E-state index < -0.39 is 0 Å². The molecule has 3 aliphatic rings. The van der Waals surface area contributed by atoms with Gasteiger partial charge in [-0.1, -0.05) is 108 Å². The van der Waals surface area contributed by atoms with Crippen LogP contribution in [0.1, 0.15) is 169 Å². The van der Waals surface area contributed by atoms with Gasteiger partial charge in [-0.15, -0.1) is 0 Å². The van der Waals surface area contributed by atoms with E-state index in [1.807, 2.05) is 5.56 Å². The minimum absolute atomic E-state index is 0.815. The van der Waals surface area contributed by atoms with Gasteiger partial charge in [0.25, 0.3) is 0 Å². The zero-order valence-corrected chi connectivity index (χ0v) is 19.7. The third-order valence-electron chi connectivity index (χ3n) is 8.70. The van der Waals surface area contributed by atoms with Gasteiger partial charge >= 0.3 is 0 Å². The highest BCUT2D eigenvalue weighted by molar-refractivity contribution is 5.42. The van der Waals surface area contributed by atoms with Gasteiger partial charge in [-0.05, 0) is 79.0 Å². The summed E-state index contributed by atoms with van der Waals surface area (Å²) in [6.07, 6.45) is 30.5. The Kier molecular flexibility index (Phi) is 9.19. The summed E-state index contributed by atoms with van der Waals surface area (Å²) in [4.78, 5) is 0. The Balaban J connectivity index is 1.68. The lowest BCUT2D eigenvalue weighted by atomic mass is 9.72. The summed E-state index contributed by atoms with van der Waals surface area (Å²) in [5.41, 5.74) is 5.40. The lowest BCUT2D eigenvalue weighted by Crippen LogP contribution is -2.15. The largest absolute Gasteiger partial charge is 0.0533 e. The molecule has 0 spiro atoms. The van der Waals surface area contributed by atoms with Crippen molar-refractivity contribution in [3.63, 3.8) is 0 Å². The van der Waals surface area contributed by atoms with Gasteiger partial charge in [0.2, 0.25) is 0 Å². The van der Waals surface area contributed by atoms with E-state index >= 15 is 0 Å². The van der Waals surface area contributed by atoms with E-state index in [0.29, 0.717) is 0 Å². The van der Waals surface area contributed by atoms with Gasteiger partial charge in [0.15, 0.2) is 0 Å². The van der Waals surface area contributed by atoms with Crippen molar-refractivity contribution < 1.29 is 0 Å². The molecule has 1 aromatic carbocycles. The molecule has 0 aromatic heterocycles. The Bertz CT molecular complexity index is 550. The maximum absolute atomic E-state index is 3.70. The Labute approximate surface area is 187 Å². The molecule has 0 aliphatic heterocycles. The fourth-order valence-corrected chi connectivity index (χ4v) is 6.97. The predicted octanol–water partition coefficient (Wildman–Crippen LogP) is 9.97. The van der Waals surface area contributed by atoms with Gasteiger partial charge in [-0.25, -0.2) is 0 Å². The van der Waals surface area contributed by atoms with Crippen molar-refractivity contribution in [2.75, 3.05) is 0 Å². The summed E-state index contributed by atoms with van der Waals surface area (Å²) in [6.45, 7) is 0. The van der Waals surface area contributed by atoms with Crippen LogP contribution in [0.3, 0.4) is 0 Å². The van der Waals surface area contributed by atoms with Crippen LogP contribution in [0.2, 0.25) is 0 Å². The van der Waals surface area contributed by atoms with Gasteiger partial charge in [-0.2, -0.15) is 0 Å². The second-order valence-corrected chi connectivity index (χ2v) is 10.9. The second-order valence-electron chi connectivity index (χ2n) is 10.9. The first kappa shape index (κ1) is 22.4. The first-order valence-corrected chi connectivity index (χ1v) is 14.0. The second kappa shape index (κ2) is 12.3. The molecule has 3 aliphatic carbocycles. The lowest BCUT2D eigenvalue weighted by molar-refractivity contribution is 0.420. The molecule has 1 radical (unpaired) electrons. The summed E-state index contributed by atoms with van der Waals surface area (Å²) in [7, 11) is 0. The molecule has 3 saturated carbocycles. The first-order valence-electron chi connectivity index (χ1n) is 14.0. The molecule has 1 aromatic rings. The molecule has 0 nitrogen and oxygen atoms in total. The van der Waals surface area contributed by atoms with Crippen LogP contribution < -0.4 is 0 Å². The topological polar surface area (TPSA) is 0 Å². The molecule has 0 saturated heterocycles. The van der Waals surface area contributed by atoms with Crippen molar-refractivity contribution in [3.05, 3.63) is 34.9 Å². The highest BCUT2D eigenvalue weighted by Crippen LogP contribution is 2.44. The van der Waals surface area contributed by atoms with Crippen molar-refractivity contribution in [1.82, 2.24) is 0 Å². The molecule has 0 heteroatoms. The summed E-state index contributed by atoms with van der Waals surface area (Å²) in [6, 6.07) is 8.63. The van der Waals surface area contributed by atoms with Crippen LogP contribution in [0.15, 0.2) is 12.1 Å². The Morgan fingerprint density at radius 1 is 0.400 bits per heavy atom. The van der Waals surface area contributed by atoms with Crippen LogP contribution in [0.25, 0.3) is 0 Å². The van der Waals surface area contributed by atoms with Gasteiger partial charge < -0.3 is 0 Å². The molecule has 30 heavy (non-hydrogen) atoms. The standard InChI is InChI=1S/C30H47/c1-4-10-17-25(18-11-5-1)28-23-16-24-29(26-19-12-6-2-7-13-20-26)30(28)27-21-14-8-3-9-15-22-27/h23-27H,1-15,17-22H2. The maximum atomic E-state index is 3.70. The normalized spacial score (nSPS) is 24.8. The molecule has 0 amide bonds. The summed E-state index contributed by atoms with van der Waals surface area (Å²) in [5.74, 6) is 2.46. The number of benzene rings is 1. The molecule has 0 bridgehead atoms. The van der Waals surface area contributed by atoms with Gasteiger partial charge in [0.1, 0.15) is 0 Å². The van der Waals surface area contributed by atoms with Crippen LogP contribution in [-0.2, 0) is 0 Å². The lowest BCUT2D eigenvalue weighted by Gasteiger charge is -2.32. The molecule has 0 atom stereocenters. The molecule has 0 N–H and O–H groups in total. The SMILES string of the molecule is [c]1cc(C2CCCCCCC2)c(C2CCCCCCC2)c(C2CCCCCCC2)c1. The molecule has 3 fully saturated rings. The third kappa shape index (κ3) is 6.14. The molecule has 0 heterocycles. The van der Waals surface area contributed by atoms with E-state index in [0.717, 1.165) is 17.8 Å². The Morgan fingerprint density at radius 3 is 1.07 bits per heavy atom. The molecular formula is C30H47. The van der Waals surface area contributed by atoms with Gasteiger partial charge in [0.05, 0.1) is 0 Å². The fourth-order valence-electron chi connectivity index (χ4n) is 6.97. The average molecular weight is 408 g/mol. The van der Waals surface area contributed by atoms with E-state index in [-0.39, 0.29) is 0 Å². The van der Waals surface area contributed by atoms with Crippen LogP contribution >= 0.6 is 0 Å². The quantitative estimate of drug-likeness (QED) is 0.467. The van der Waals surface area contributed by atoms with E-state index in [4.69, 9.17) is 0 Å². The van der Waals surface area contributed by atoms with Crippen molar-refractivity contribution in [2.24, 2.45) is 0 Å². The number of hydrogen-bond donors (Lipinski definition) is 0.